The Morgan fingerprint density at radius 2 is 1.86 bits per heavy atom. The minimum atomic E-state index is -0.594. The zero-order valence-electron chi connectivity index (χ0n) is 17.5. The zero-order chi connectivity index (χ0) is 21.4. The number of rotatable bonds is 9. The van der Waals surface area contributed by atoms with Crippen LogP contribution in [-0.4, -0.2) is 35.9 Å². The van der Waals surface area contributed by atoms with Gasteiger partial charge in [0.05, 0.1) is 0 Å². The lowest BCUT2D eigenvalue weighted by atomic mass is 10.1. The molecule has 1 atom stereocenters. The van der Waals surface area contributed by atoms with E-state index in [9.17, 15) is 9.59 Å². The Morgan fingerprint density at radius 3 is 2.52 bits per heavy atom. The molecule has 2 amide bonds. The maximum absolute atomic E-state index is 13.0. The van der Waals surface area contributed by atoms with Crippen molar-refractivity contribution >= 4 is 27.7 Å². The number of benzene rings is 2. The van der Waals surface area contributed by atoms with Gasteiger partial charge in [-0.05, 0) is 62.1 Å². The molecule has 6 heteroatoms. The van der Waals surface area contributed by atoms with Crippen LogP contribution in [0.25, 0.3) is 0 Å². The summed E-state index contributed by atoms with van der Waals surface area (Å²) < 4.78 is 6.70. The molecule has 156 valence electrons. The number of ether oxygens (including phenoxy) is 1. The van der Waals surface area contributed by atoms with Crippen LogP contribution in [0, 0.1) is 13.8 Å². The minimum absolute atomic E-state index is 0.127. The number of amides is 2. The van der Waals surface area contributed by atoms with Gasteiger partial charge in [0, 0.05) is 17.6 Å². The largest absolute Gasteiger partial charge is 0.484 e. The molecular weight excluding hydrogens is 432 g/mol. The molecule has 1 N–H and O–H groups in total. The molecule has 0 spiro atoms. The fourth-order valence-electron chi connectivity index (χ4n) is 2.88. The summed E-state index contributed by atoms with van der Waals surface area (Å²) in [5.74, 6) is 0.235. The fraction of sp³-hybridized carbons (Fsp3) is 0.391. The predicted octanol–water partition coefficient (Wildman–Crippen LogP) is 4.39. The molecule has 0 bridgehead atoms. The molecule has 29 heavy (non-hydrogen) atoms. The maximum Gasteiger partial charge on any atom is 0.261 e. The lowest BCUT2D eigenvalue weighted by Crippen LogP contribution is -2.49. The predicted molar refractivity (Wildman–Crippen MR) is 119 cm³/mol. The first-order chi connectivity index (χ1) is 13.8. The second-order valence-corrected chi connectivity index (χ2v) is 7.97. The van der Waals surface area contributed by atoms with E-state index in [-0.39, 0.29) is 18.4 Å². The van der Waals surface area contributed by atoms with E-state index in [2.05, 4.69) is 21.2 Å². The van der Waals surface area contributed by atoms with Crippen LogP contribution >= 0.6 is 15.9 Å². The number of nitrogens with zero attached hydrogens (tertiary/aromatic N) is 1. The SMILES string of the molecule is CCCNC(=O)[C@@H](C)N(Cc1ccccc1C)C(=O)COc1ccc(Br)c(C)c1. The molecule has 0 aliphatic heterocycles. The number of carbonyl (C=O) groups excluding carboxylic acids is 2. The number of hydrogen-bond acceptors (Lipinski definition) is 3. The van der Waals surface area contributed by atoms with Crippen molar-refractivity contribution in [3.63, 3.8) is 0 Å². The number of halogens is 1. The third-order valence-electron chi connectivity index (χ3n) is 4.81. The second kappa shape index (κ2) is 11.0. The van der Waals surface area contributed by atoms with E-state index in [0.717, 1.165) is 27.6 Å². The first-order valence-electron chi connectivity index (χ1n) is 9.84. The molecular formula is C23H29BrN2O3. The van der Waals surface area contributed by atoms with E-state index < -0.39 is 6.04 Å². The average Bonchev–Trinajstić information content (AvgIpc) is 2.71. The second-order valence-electron chi connectivity index (χ2n) is 7.11. The van der Waals surface area contributed by atoms with Crippen LogP contribution in [-0.2, 0) is 16.1 Å². The first-order valence-corrected chi connectivity index (χ1v) is 10.6. The van der Waals surface area contributed by atoms with Gasteiger partial charge in [0.1, 0.15) is 11.8 Å². The lowest BCUT2D eigenvalue weighted by Gasteiger charge is -2.29. The van der Waals surface area contributed by atoms with Crippen molar-refractivity contribution in [3.8, 4) is 5.75 Å². The van der Waals surface area contributed by atoms with Crippen molar-refractivity contribution in [1.29, 1.82) is 0 Å². The van der Waals surface area contributed by atoms with E-state index in [1.807, 2.05) is 63.2 Å². The number of carbonyl (C=O) groups is 2. The summed E-state index contributed by atoms with van der Waals surface area (Å²) in [4.78, 5) is 27.1. The van der Waals surface area contributed by atoms with Crippen LogP contribution in [0.2, 0.25) is 0 Å². The van der Waals surface area contributed by atoms with E-state index >= 15 is 0 Å². The standard InChI is InChI=1S/C23H29BrN2O3/c1-5-12-25-23(28)18(4)26(14-19-9-7-6-8-16(19)2)22(27)15-29-20-10-11-21(24)17(3)13-20/h6-11,13,18H,5,12,14-15H2,1-4H3,(H,25,28)/t18-/m1/s1. The van der Waals surface area contributed by atoms with Crippen LogP contribution in [0.4, 0.5) is 0 Å². The Balaban J connectivity index is 2.15. The van der Waals surface area contributed by atoms with Crippen LogP contribution < -0.4 is 10.1 Å². The van der Waals surface area contributed by atoms with Gasteiger partial charge in [-0.15, -0.1) is 0 Å². The number of hydrogen-bond donors (Lipinski definition) is 1. The molecule has 2 aromatic carbocycles. The Bertz CT molecular complexity index is 854. The lowest BCUT2D eigenvalue weighted by molar-refractivity contribution is -0.142. The topological polar surface area (TPSA) is 58.6 Å². The maximum atomic E-state index is 13.0. The molecule has 0 heterocycles. The molecule has 2 aromatic rings. The van der Waals surface area contributed by atoms with E-state index in [0.29, 0.717) is 18.8 Å². The molecule has 0 aliphatic rings. The monoisotopic (exact) mass is 460 g/mol. The van der Waals surface area contributed by atoms with Crippen LogP contribution in [0.5, 0.6) is 5.75 Å². The molecule has 0 radical (unpaired) electrons. The van der Waals surface area contributed by atoms with Crippen molar-refractivity contribution in [2.24, 2.45) is 0 Å². The highest BCUT2D eigenvalue weighted by molar-refractivity contribution is 9.10. The van der Waals surface area contributed by atoms with Crippen molar-refractivity contribution in [3.05, 3.63) is 63.6 Å². The normalized spacial score (nSPS) is 11.6. The van der Waals surface area contributed by atoms with Crippen molar-refractivity contribution in [2.75, 3.05) is 13.2 Å². The Kier molecular flexibility index (Phi) is 8.70. The summed E-state index contributed by atoms with van der Waals surface area (Å²) in [6, 6.07) is 12.9. The fourth-order valence-corrected chi connectivity index (χ4v) is 3.13. The van der Waals surface area contributed by atoms with Gasteiger partial charge < -0.3 is 15.0 Å². The molecule has 2 rings (SSSR count). The highest BCUT2D eigenvalue weighted by Crippen LogP contribution is 2.22. The summed E-state index contributed by atoms with van der Waals surface area (Å²) in [6.07, 6.45) is 0.843. The van der Waals surface area contributed by atoms with Crippen molar-refractivity contribution in [2.45, 2.75) is 46.7 Å². The number of nitrogens with one attached hydrogen (secondary N) is 1. The molecule has 0 aliphatic carbocycles. The zero-order valence-corrected chi connectivity index (χ0v) is 19.1. The highest BCUT2D eigenvalue weighted by Gasteiger charge is 2.26. The molecule has 0 fully saturated rings. The van der Waals surface area contributed by atoms with E-state index in [1.165, 1.54) is 0 Å². The Labute approximate surface area is 181 Å². The van der Waals surface area contributed by atoms with Crippen LogP contribution in [0.1, 0.15) is 37.0 Å². The van der Waals surface area contributed by atoms with Gasteiger partial charge in [0.15, 0.2) is 6.61 Å². The summed E-state index contributed by atoms with van der Waals surface area (Å²) in [6.45, 7) is 8.53. The number of aryl methyl sites for hydroxylation is 2. The first kappa shape index (κ1) is 22.9. The average molecular weight is 461 g/mol. The molecule has 0 saturated carbocycles. The van der Waals surface area contributed by atoms with Gasteiger partial charge in [0.2, 0.25) is 5.91 Å². The highest BCUT2D eigenvalue weighted by atomic mass is 79.9. The summed E-state index contributed by atoms with van der Waals surface area (Å²) in [7, 11) is 0. The quantitative estimate of drug-likeness (QED) is 0.603. The van der Waals surface area contributed by atoms with Gasteiger partial charge in [-0.3, -0.25) is 9.59 Å². The van der Waals surface area contributed by atoms with Crippen molar-refractivity contribution < 1.29 is 14.3 Å². The van der Waals surface area contributed by atoms with E-state index in [4.69, 9.17) is 4.74 Å². The van der Waals surface area contributed by atoms with Gasteiger partial charge in [-0.1, -0.05) is 47.1 Å². The van der Waals surface area contributed by atoms with Gasteiger partial charge >= 0.3 is 0 Å². The third kappa shape index (κ3) is 6.60. The third-order valence-corrected chi connectivity index (χ3v) is 5.70. The van der Waals surface area contributed by atoms with Gasteiger partial charge in [0.25, 0.3) is 5.91 Å². The van der Waals surface area contributed by atoms with Crippen LogP contribution in [0.15, 0.2) is 46.9 Å². The van der Waals surface area contributed by atoms with Gasteiger partial charge in [-0.2, -0.15) is 0 Å². The summed E-state index contributed by atoms with van der Waals surface area (Å²) in [5, 5.41) is 2.88. The molecule has 0 unspecified atom stereocenters. The smallest absolute Gasteiger partial charge is 0.261 e. The minimum Gasteiger partial charge on any atom is -0.484 e. The summed E-state index contributed by atoms with van der Waals surface area (Å²) >= 11 is 3.46. The molecule has 0 saturated heterocycles. The Morgan fingerprint density at radius 1 is 1.14 bits per heavy atom. The van der Waals surface area contributed by atoms with Crippen LogP contribution in [0.3, 0.4) is 0 Å². The Hall–Kier alpha value is -2.34. The molecule has 5 nitrogen and oxygen atoms in total. The van der Waals surface area contributed by atoms with Gasteiger partial charge in [-0.25, -0.2) is 0 Å². The van der Waals surface area contributed by atoms with E-state index in [1.54, 1.807) is 11.8 Å². The summed E-state index contributed by atoms with van der Waals surface area (Å²) in [5.41, 5.74) is 3.12. The van der Waals surface area contributed by atoms with Crippen molar-refractivity contribution in [1.82, 2.24) is 10.2 Å². The molecule has 0 aromatic heterocycles.